The SMILES string of the molecule is CC.CCCC.CCCCC(C1CCC(C)(C)C1)C1CCC(C)(C)C1. The van der Waals surface area contributed by atoms with Gasteiger partial charge >= 0.3 is 0 Å². The Morgan fingerprint density at radius 2 is 1.12 bits per heavy atom. The van der Waals surface area contributed by atoms with Gasteiger partial charge in [-0.3, -0.25) is 0 Å². The van der Waals surface area contributed by atoms with Crippen molar-refractivity contribution in [1.29, 1.82) is 0 Å². The summed E-state index contributed by atoms with van der Waals surface area (Å²) >= 11 is 0. The maximum atomic E-state index is 2.49. The van der Waals surface area contributed by atoms with Crippen molar-refractivity contribution in [1.82, 2.24) is 0 Å². The van der Waals surface area contributed by atoms with E-state index in [1.165, 1.54) is 70.6 Å². The van der Waals surface area contributed by atoms with E-state index in [2.05, 4.69) is 48.5 Å². The normalized spacial score (nSPS) is 27.7. The predicted octanol–water partition coefficient (Wildman–Crippen LogP) is 9.28. The van der Waals surface area contributed by atoms with E-state index in [0.29, 0.717) is 10.8 Å². The van der Waals surface area contributed by atoms with E-state index in [0.717, 1.165) is 17.8 Å². The zero-order valence-electron chi connectivity index (χ0n) is 19.5. The molecule has 0 aliphatic heterocycles. The van der Waals surface area contributed by atoms with Gasteiger partial charge in [-0.05, 0) is 73.5 Å². The van der Waals surface area contributed by atoms with Gasteiger partial charge in [-0.25, -0.2) is 0 Å². The van der Waals surface area contributed by atoms with E-state index in [1.54, 1.807) is 0 Å². The molecule has 0 aromatic rings. The molecule has 25 heavy (non-hydrogen) atoms. The lowest BCUT2D eigenvalue weighted by atomic mass is 9.74. The standard InChI is InChI=1S/C19H36.C4H10.C2H6/c1-6-7-8-17(15-9-11-18(2,3)13-15)16-10-12-19(4,5)14-16;1-3-4-2;1-2/h15-17H,6-14H2,1-5H3;3-4H2,1-2H3;1-2H3. The van der Waals surface area contributed by atoms with Crippen LogP contribution < -0.4 is 0 Å². The minimum absolute atomic E-state index is 0.628. The van der Waals surface area contributed by atoms with Gasteiger partial charge in [-0.2, -0.15) is 0 Å². The zero-order chi connectivity index (χ0) is 19.5. The molecule has 2 saturated carbocycles. The summed E-state index contributed by atoms with van der Waals surface area (Å²) in [5.74, 6) is 3.13. The first kappa shape index (κ1) is 25.0. The van der Waals surface area contributed by atoms with Gasteiger partial charge in [0.05, 0.1) is 0 Å². The van der Waals surface area contributed by atoms with E-state index < -0.39 is 0 Å². The topological polar surface area (TPSA) is 0 Å². The lowest BCUT2D eigenvalue weighted by Gasteiger charge is -2.31. The summed E-state index contributed by atoms with van der Waals surface area (Å²) in [5, 5.41) is 0. The monoisotopic (exact) mass is 352 g/mol. The van der Waals surface area contributed by atoms with Gasteiger partial charge in [0.25, 0.3) is 0 Å². The Morgan fingerprint density at radius 3 is 1.36 bits per heavy atom. The lowest BCUT2D eigenvalue weighted by molar-refractivity contribution is 0.186. The number of hydrogen-bond acceptors (Lipinski definition) is 0. The van der Waals surface area contributed by atoms with Crippen LogP contribution in [0.15, 0.2) is 0 Å². The molecule has 0 aromatic heterocycles. The molecule has 0 N–H and O–H groups in total. The minimum Gasteiger partial charge on any atom is -0.0683 e. The molecular formula is C25H52. The van der Waals surface area contributed by atoms with Crippen LogP contribution in [0.1, 0.15) is 133 Å². The molecule has 2 atom stereocenters. The molecule has 0 heteroatoms. The van der Waals surface area contributed by atoms with E-state index in [9.17, 15) is 0 Å². The highest BCUT2D eigenvalue weighted by atomic mass is 14.5. The average molecular weight is 353 g/mol. The van der Waals surface area contributed by atoms with Gasteiger partial charge in [0.15, 0.2) is 0 Å². The van der Waals surface area contributed by atoms with Crippen LogP contribution in [0.25, 0.3) is 0 Å². The maximum absolute atomic E-state index is 2.49. The molecular weight excluding hydrogens is 300 g/mol. The van der Waals surface area contributed by atoms with E-state index in [1.807, 2.05) is 13.8 Å². The summed E-state index contributed by atoms with van der Waals surface area (Å²) in [6.07, 6.45) is 15.9. The zero-order valence-corrected chi connectivity index (χ0v) is 19.5. The fourth-order valence-electron chi connectivity index (χ4n) is 5.01. The lowest BCUT2D eigenvalue weighted by Crippen LogP contribution is -2.22. The Balaban J connectivity index is 0.000000845. The fourth-order valence-corrected chi connectivity index (χ4v) is 5.01. The first-order valence-electron chi connectivity index (χ1n) is 11.7. The highest BCUT2D eigenvalue weighted by Gasteiger charge is 2.42. The van der Waals surface area contributed by atoms with E-state index >= 15 is 0 Å². The van der Waals surface area contributed by atoms with Crippen molar-refractivity contribution in [2.45, 2.75) is 133 Å². The molecule has 0 saturated heterocycles. The van der Waals surface area contributed by atoms with Crippen LogP contribution in [0.4, 0.5) is 0 Å². The Labute approximate surface area is 161 Å². The molecule has 2 aliphatic rings. The van der Waals surface area contributed by atoms with Crippen molar-refractivity contribution in [3.8, 4) is 0 Å². The van der Waals surface area contributed by atoms with Gasteiger partial charge in [0.2, 0.25) is 0 Å². The van der Waals surface area contributed by atoms with Crippen LogP contribution in [0.5, 0.6) is 0 Å². The number of rotatable bonds is 6. The van der Waals surface area contributed by atoms with Crippen molar-refractivity contribution in [2.24, 2.45) is 28.6 Å². The largest absolute Gasteiger partial charge is 0.0683 e. The molecule has 0 radical (unpaired) electrons. The molecule has 2 aliphatic carbocycles. The van der Waals surface area contributed by atoms with Crippen LogP contribution in [0.2, 0.25) is 0 Å². The molecule has 0 aromatic carbocycles. The van der Waals surface area contributed by atoms with Gasteiger partial charge in [-0.15, -0.1) is 0 Å². The second kappa shape index (κ2) is 12.4. The smallest absolute Gasteiger partial charge is 0.0351 e. The number of unbranched alkanes of at least 4 members (excludes halogenated alkanes) is 2. The summed E-state index contributed by atoms with van der Waals surface area (Å²) in [6.45, 7) is 20.7. The summed E-state index contributed by atoms with van der Waals surface area (Å²) < 4.78 is 0. The quantitative estimate of drug-likeness (QED) is 0.446. The second-order valence-corrected chi connectivity index (χ2v) is 10.1. The predicted molar refractivity (Wildman–Crippen MR) is 117 cm³/mol. The highest BCUT2D eigenvalue weighted by Crippen LogP contribution is 2.52. The summed E-state index contributed by atoms with van der Waals surface area (Å²) in [5.41, 5.74) is 1.26. The first-order valence-corrected chi connectivity index (χ1v) is 11.7. The molecule has 152 valence electrons. The Bertz CT molecular complexity index is 284. The fraction of sp³-hybridized carbons (Fsp3) is 1.00. The molecule has 0 nitrogen and oxygen atoms in total. The molecule has 0 amide bonds. The molecule has 0 heterocycles. The third kappa shape index (κ3) is 9.48. The van der Waals surface area contributed by atoms with Crippen molar-refractivity contribution >= 4 is 0 Å². The summed E-state index contributed by atoms with van der Waals surface area (Å²) in [7, 11) is 0. The molecule has 0 bridgehead atoms. The third-order valence-corrected chi connectivity index (χ3v) is 6.62. The highest BCUT2D eigenvalue weighted by molar-refractivity contribution is 4.92. The van der Waals surface area contributed by atoms with Crippen molar-refractivity contribution in [3.05, 3.63) is 0 Å². The molecule has 0 spiro atoms. The van der Waals surface area contributed by atoms with E-state index in [4.69, 9.17) is 0 Å². The molecule has 2 unspecified atom stereocenters. The van der Waals surface area contributed by atoms with Crippen LogP contribution in [0, 0.1) is 28.6 Å². The number of hydrogen-bond donors (Lipinski definition) is 0. The Kier molecular flexibility index (Phi) is 12.4. The molecule has 2 fully saturated rings. The molecule has 2 rings (SSSR count). The third-order valence-electron chi connectivity index (χ3n) is 6.62. The maximum Gasteiger partial charge on any atom is -0.0351 e. The van der Waals surface area contributed by atoms with Gasteiger partial charge in [0, 0.05) is 0 Å². The van der Waals surface area contributed by atoms with Crippen LogP contribution >= 0.6 is 0 Å². The van der Waals surface area contributed by atoms with Gasteiger partial charge in [0.1, 0.15) is 0 Å². The van der Waals surface area contributed by atoms with Crippen LogP contribution in [-0.4, -0.2) is 0 Å². The van der Waals surface area contributed by atoms with Crippen molar-refractivity contribution in [2.75, 3.05) is 0 Å². The van der Waals surface area contributed by atoms with Crippen LogP contribution in [0.3, 0.4) is 0 Å². The summed E-state index contributed by atoms with van der Waals surface area (Å²) in [4.78, 5) is 0. The van der Waals surface area contributed by atoms with E-state index in [-0.39, 0.29) is 0 Å². The second-order valence-electron chi connectivity index (χ2n) is 10.1. The average Bonchev–Trinajstić information content (AvgIpc) is 3.12. The van der Waals surface area contributed by atoms with Gasteiger partial charge in [-0.1, -0.05) is 88.0 Å². The van der Waals surface area contributed by atoms with Gasteiger partial charge < -0.3 is 0 Å². The first-order chi connectivity index (χ1) is 11.7. The summed E-state index contributed by atoms with van der Waals surface area (Å²) in [6, 6.07) is 0. The van der Waals surface area contributed by atoms with Crippen molar-refractivity contribution in [3.63, 3.8) is 0 Å². The Hall–Kier alpha value is 0. The van der Waals surface area contributed by atoms with Crippen LogP contribution in [-0.2, 0) is 0 Å². The Morgan fingerprint density at radius 1 is 0.720 bits per heavy atom. The van der Waals surface area contributed by atoms with Crippen molar-refractivity contribution < 1.29 is 0 Å². The minimum atomic E-state index is 0.628.